The maximum absolute atomic E-state index is 2.57. The first kappa shape index (κ1) is 25.1. The van der Waals surface area contributed by atoms with Crippen LogP contribution in [0.4, 0.5) is 0 Å². The lowest BCUT2D eigenvalue weighted by molar-refractivity contribution is -0.659. The fourth-order valence-electron chi connectivity index (χ4n) is 7.14. The van der Waals surface area contributed by atoms with Crippen molar-refractivity contribution in [1.82, 2.24) is 4.40 Å². The molecule has 0 radical (unpaired) electrons. The number of nitrogens with zero attached hydrogens (tertiary/aromatic N) is 2. The molecule has 40 heavy (non-hydrogen) atoms. The molecule has 7 rings (SSSR count). The molecule has 0 atom stereocenters. The maximum atomic E-state index is 2.57. The SMILES string of the molecule is Cc1c(-c2c3c(cc[n+]2C)c2cccc4c5c(CC(C)(C)C)cccc5n3c24)cc(C(C)(C)C)c2ccccc12. The van der Waals surface area contributed by atoms with Crippen molar-refractivity contribution >= 4 is 48.9 Å². The van der Waals surface area contributed by atoms with Crippen LogP contribution >= 0.6 is 0 Å². The van der Waals surface area contributed by atoms with Crippen LogP contribution in [0.3, 0.4) is 0 Å². The monoisotopic (exact) mass is 523 g/mol. The van der Waals surface area contributed by atoms with Crippen LogP contribution < -0.4 is 4.57 Å². The van der Waals surface area contributed by atoms with Gasteiger partial charge in [0.2, 0.25) is 5.69 Å². The van der Waals surface area contributed by atoms with Crippen LogP contribution in [0.2, 0.25) is 0 Å². The standard InChI is InChI=1S/C38H39N2/c1-23-25-14-9-10-15-26(25)31(38(5,6)7)21-30(23)35-36-28(19-20-39(35)8)27-16-12-17-29-33-24(22-37(2,3)4)13-11-18-32(33)40(36)34(27)29/h9-21H,22H2,1-8H3/q+1. The summed E-state index contributed by atoms with van der Waals surface area (Å²) in [5.74, 6) is 0. The zero-order valence-corrected chi connectivity index (χ0v) is 25.1. The minimum Gasteiger partial charge on any atom is -0.302 e. The first-order valence-electron chi connectivity index (χ1n) is 14.6. The number of pyridine rings is 1. The molecule has 0 aliphatic heterocycles. The Morgan fingerprint density at radius 1 is 0.700 bits per heavy atom. The van der Waals surface area contributed by atoms with Gasteiger partial charge in [-0.2, -0.15) is 4.57 Å². The van der Waals surface area contributed by atoms with Crippen molar-refractivity contribution in [2.75, 3.05) is 0 Å². The van der Waals surface area contributed by atoms with Gasteiger partial charge in [-0.05, 0) is 63.8 Å². The van der Waals surface area contributed by atoms with Crippen molar-refractivity contribution in [1.29, 1.82) is 0 Å². The molecule has 0 N–H and O–H groups in total. The molecule has 0 fully saturated rings. The molecule has 200 valence electrons. The topological polar surface area (TPSA) is 8.29 Å². The molecule has 0 saturated heterocycles. The van der Waals surface area contributed by atoms with Crippen LogP contribution in [0.25, 0.3) is 60.1 Å². The third-order valence-electron chi connectivity index (χ3n) is 8.81. The van der Waals surface area contributed by atoms with Crippen molar-refractivity contribution in [3.63, 3.8) is 0 Å². The summed E-state index contributed by atoms with van der Waals surface area (Å²) in [5, 5.41) is 8.12. The molecule has 2 heteroatoms. The summed E-state index contributed by atoms with van der Waals surface area (Å²) in [6, 6.07) is 27.5. The minimum absolute atomic E-state index is 0.0246. The molecular formula is C38H39N2+. The van der Waals surface area contributed by atoms with Crippen LogP contribution in [0.1, 0.15) is 58.2 Å². The summed E-state index contributed by atoms with van der Waals surface area (Å²) >= 11 is 0. The summed E-state index contributed by atoms with van der Waals surface area (Å²) in [6.45, 7) is 16.3. The molecule has 7 aromatic rings. The molecule has 0 aliphatic carbocycles. The van der Waals surface area contributed by atoms with Gasteiger partial charge in [0, 0.05) is 27.6 Å². The van der Waals surface area contributed by atoms with Gasteiger partial charge in [-0.25, -0.2) is 0 Å². The summed E-state index contributed by atoms with van der Waals surface area (Å²) in [7, 11) is 2.21. The van der Waals surface area contributed by atoms with Gasteiger partial charge in [0.15, 0.2) is 6.20 Å². The highest BCUT2D eigenvalue weighted by Gasteiger charge is 2.29. The number of rotatable bonds is 2. The second-order valence-corrected chi connectivity index (χ2v) is 14.0. The highest BCUT2D eigenvalue weighted by Crippen LogP contribution is 2.45. The predicted octanol–water partition coefficient (Wildman–Crippen LogP) is 9.68. The van der Waals surface area contributed by atoms with Gasteiger partial charge >= 0.3 is 0 Å². The Hall–Kier alpha value is -3.91. The molecule has 0 spiro atoms. The van der Waals surface area contributed by atoms with Crippen molar-refractivity contribution in [3.8, 4) is 11.3 Å². The van der Waals surface area contributed by atoms with Gasteiger partial charge in [0.1, 0.15) is 12.6 Å². The molecule has 0 unspecified atom stereocenters. The smallest absolute Gasteiger partial charge is 0.237 e. The molecule has 0 aliphatic rings. The van der Waals surface area contributed by atoms with E-state index in [0.717, 1.165) is 6.42 Å². The molecule has 0 saturated carbocycles. The second-order valence-electron chi connectivity index (χ2n) is 14.0. The first-order chi connectivity index (χ1) is 19.0. The second kappa shape index (κ2) is 8.30. The normalized spacial score (nSPS) is 13.1. The van der Waals surface area contributed by atoms with E-state index in [2.05, 4.69) is 143 Å². The number of fused-ring (bicyclic) bond motifs is 7. The zero-order valence-electron chi connectivity index (χ0n) is 25.1. The van der Waals surface area contributed by atoms with Gasteiger partial charge < -0.3 is 4.40 Å². The van der Waals surface area contributed by atoms with Crippen LogP contribution in [-0.2, 0) is 18.9 Å². The summed E-state index contributed by atoms with van der Waals surface area (Å²) < 4.78 is 4.91. The Balaban J connectivity index is 1.69. The fraction of sp³-hybridized carbons (Fsp3) is 0.289. The van der Waals surface area contributed by atoms with Gasteiger partial charge in [0.05, 0.1) is 16.6 Å². The third-order valence-corrected chi connectivity index (χ3v) is 8.81. The first-order valence-corrected chi connectivity index (χ1v) is 14.6. The highest BCUT2D eigenvalue weighted by molar-refractivity contribution is 6.25. The molecule has 4 aromatic carbocycles. The molecule has 0 bridgehead atoms. The molecule has 3 aromatic heterocycles. The van der Waals surface area contributed by atoms with Gasteiger partial charge in [-0.3, -0.25) is 0 Å². The maximum Gasteiger partial charge on any atom is 0.237 e. The third kappa shape index (κ3) is 3.51. The largest absolute Gasteiger partial charge is 0.302 e. The predicted molar refractivity (Wildman–Crippen MR) is 172 cm³/mol. The van der Waals surface area contributed by atoms with Crippen molar-refractivity contribution in [3.05, 3.63) is 95.7 Å². The van der Waals surface area contributed by atoms with E-state index in [0.29, 0.717) is 0 Å². The lowest BCUT2D eigenvalue weighted by Crippen LogP contribution is -2.31. The lowest BCUT2D eigenvalue weighted by Gasteiger charge is -2.24. The quantitative estimate of drug-likeness (QED) is 0.199. The van der Waals surface area contributed by atoms with E-state index < -0.39 is 0 Å². The van der Waals surface area contributed by atoms with E-state index in [1.165, 1.54) is 76.8 Å². The number of para-hydroxylation sites is 1. The van der Waals surface area contributed by atoms with E-state index in [-0.39, 0.29) is 10.8 Å². The van der Waals surface area contributed by atoms with E-state index in [9.17, 15) is 0 Å². The van der Waals surface area contributed by atoms with E-state index in [1.807, 2.05) is 0 Å². The minimum atomic E-state index is 0.0246. The van der Waals surface area contributed by atoms with Crippen molar-refractivity contribution in [2.24, 2.45) is 12.5 Å². The van der Waals surface area contributed by atoms with E-state index in [4.69, 9.17) is 0 Å². The number of aryl methyl sites for hydroxylation is 2. The summed E-state index contributed by atoms with van der Waals surface area (Å²) in [5.41, 5.74) is 11.0. The Bertz CT molecular complexity index is 2110. The molecule has 2 nitrogen and oxygen atoms in total. The van der Waals surface area contributed by atoms with E-state index >= 15 is 0 Å². The molecular weight excluding hydrogens is 484 g/mol. The number of hydrogen-bond donors (Lipinski definition) is 0. The van der Waals surface area contributed by atoms with Crippen LogP contribution in [0, 0.1) is 12.3 Å². The average molecular weight is 524 g/mol. The van der Waals surface area contributed by atoms with Gasteiger partial charge in [-0.1, -0.05) is 96.1 Å². The lowest BCUT2D eigenvalue weighted by atomic mass is 9.80. The molecule has 0 amide bonds. The Morgan fingerprint density at radius 3 is 2.08 bits per heavy atom. The Morgan fingerprint density at radius 2 is 1.35 bits per heavy atom. The fourth-order valence-corrected chi connectivity index (χ4v) is 7.14. The van der Waals surface area contributed by atoms with Crippen molar-refractivity contribution < 1.29 is 4.57 Å². The van der Waals surface area contributed by atoms with E-state index in [1.54, 1.807) is 0 Å². The number of hydrogen-bond acceptors (Lipinski definition) is 0. The number of aromatic nitrogens is 2. The Labute approximate surface area is 237 Å². The summed E-state index contributed by atoms with van der Waals surface area (Å²) in [4.78, 5) is 0. The van der Waals surface area contributed by atoms with Gasteiger partial charge in [-0.15, -0.1) is 0 Å². The zero-order chi connectivity index (χ0) is 28.1. The van der Waals surface area contributed by atoms with Crippen LogP contribution in [0.15, 0.2) is 79.0 Å². The Kier molecular flexibility index (Phi) is 5.21. The molecule has 3 heterocycles. The van der Waals surface area contributed by atoms with Crippen LogP contribution in [0.5, 0.6) is 0 Å². The highest BCUT2D eigenvalue weighted by atomic mass is 15.0. The summed E-state index contributed by atoms with van der Waals surface area (Å²) in [6.07, 6.45) is 3.30. The number of benzene rings is 4. The van der Waals surface area contributed by atoms with Crippen LogP contribution in [-0.4, -0.2) is 4.40 Å². The van der Waals surface area contributed by atoms with Crippen molar-refractivity contribution in [2.45, 2.75) is 60.3 Å². The average Bonchev–Trinajstić information content (AvgIpc) is 3.40. The van der Waals surface area contributed by atoms with Gasteiger partial charge in [0.25, 0.3) is 0 Å².